The van der Waals surface area contributed by atoms with Gasteiger partial charge in [0.25, 0.3) is 5.78 Å². The lowest BCUT2D eigenvalue weighted by Gasteiger charge is -2.40. The third-order valence-electron chi connectivity index (χ3n) is 5.39. The molecule has 3 heterocycles. The van der Waals surface area contributed by atoms with E-state index in [1.54, 1.807) is 54.6 Å². The summed E-state index contributed by atoms with van der Waals surface area (Å²) in [6.07, 6.45) is 1.67. The van der Waals surface area contributed by atoms with Crippen molar-refractivity contribution in [3.63, 3.8) is 0 Å². The van der Waals surface area contributed by atoms with Crippen LogP contribution in [0.2, 0.25) is 0 Å². The van der Waals surface area contributed by atoms with Gasteiger partial charge in [-0.15, -0.1) is 0 Å². The number of carbonyl (C=O) groups is 3. The van der Waals surface area contributed by atoms with E-state index in [2.05, 4.69) is 0 Å². The summed E-state index contributed by atoms with van der Waals surface area (Å²) in [5.74, 6) is -2.94. The highest BCUT2D eigenvalue weighted by Crippen LogP contribution is 2.52. The Morgan fingerprint density at radius 1 is 1.00 bits per heavy atom. The number of nitrogens with zero attached hydrogens (tertiary/aromatic N) is 1. The number of anilines is 1. The minimum atomic E-state index is -1.90. The fraction of sp³-hybridized carbons (Fsp3) is 0.136. The standard InChI is InChI=1S/C22H15NO6/c24-18(13-6-2-1-3-7-13)17-19(25)20(26)23-15-8-4-5-9-16(15)29-21(27)22(17,23)14-10-11-28-12-14/h1-9,12,24H,10-11H2/b18-17-. The summed E-state index contributed by atoms with van der Waals surface area (Å²) in [6, 6.07) is 14.8. The van der Waals surface area contributed by atoms with E-state index in [9.17, 15) is 19.5 Å². The Bertz CT molecular complexity index is 1130. The summed E-state index contributed by atoms with van der Waals surface area (Å²) in [5, 5.41) is 11.0. The Morgan fingerprint density at radius 2 is 1.72 bits per heavy atom. The Labute approximate surface area is 165 Å². The van der Waals surface area contributed by atoms with Crippen molar-refractivity contribution in [3.05, 3.63) is 77.6 Å². The molecule has 0 aromatic heterocycles. The second-order valence-electron chi connectivity index (χ2n) is 6.89. The van der Waals surface area contributed by atoms with Crippen LogP contribution in [0.1, 0.15) is 12.0 Å². The molecule has 5 rings (SSSR count). The molecule has 7 nitrogen and oxygen atoms in total. The number of fused-ring (bicyclic) bond motifs is 3. The Kier molecular flexibility index (Phi) is 3.61. The number of esters is 1. The number of aliphatic hydroxyl groups excluding tert-OH is 1. The summed E-state index contributed by atoms with van der Waals surface area (Å²) < 4.78 is 10.9. The van der Waals surface area contributed by atoms with Crippen LogP contribution in [0.25, 0.3) is 5.76 Å². The number of aliphatic hydroxyl groups is 1. The van der Waals surface area contributed by atoms with E-state index in [0.717, 1.165) is 4.90 Å². The summed E-state index contributed by atoms with van der Waals surface area (Å²) in [4.78, 5) is 40.7. The number of hydrogen-bond acceptors (Lipinski definition) is 6. The molecule has 1 fully saturated rings. The zero-order chi connectivity index (χ0) is 20.2. The molecule has 0 spiro atoms. The molecule has 2 aromatic rings. The van der Waals surface area contributed by atoms with Crippen LogP contribution in [0.15, 0.2) is 72.0 Å². The monoisotopic (exact) mass is 389 g/mol. The average molecular weight is 389 g/mol. The molecule has 0 aliphatic carbocycles. The van der Waals surface area contributed by atoms with E-state index in [-0.39, 0.29) is 17.0 Å². The summed E-state index contributed by atoms with van der Waals surface area (Å²) >= 11 is 0. The first-order valence-electron chi connectivity index (χ1n) is 9.07. The van der Waals surface area contributed by atoms with Crippen LogP contribution in [0.4, 0.5) is 5.69 Å². The van der Waals surface area contributed by atoms with E-state index in [1.807, 2.05) is 0 Å². The van der Waals surface area contributed by atoms with E-state index >= 15 is 0 Å². The van der Waals surface area contributed by atoms with Crippen LogP contribution in [0, 0.1) is 0 Å². The van der Waals surface area contributed by atoms with Crippen LogP contribution in [-0.4, -0.2) is 34.9 Å². The van der Waals surface area contributed by atoms with Crippen LogP contribution >= 0.6 is 0 Å². The van der Waals surface area contributed by atoms with Gasteiger partial charge in [0, 0.05) is 17.6 Å². The number of carbonyl (C=O) groups excluding carboxylic acids is 3. The van der Waals surface area contributed by atoms with Crippen LogP contribution in [-0.2, 0) is 19.1 Å². The normalized spacial score (nSPS) is 24.5. The molecule has 1 amide bonds. The number of benzene rings is 2. The van der Waals surface area contributed by atoms with Gasteiger partial charge in [0.15, 0.2) is 5.75 Å². The van der Waals surface area contributed by atoms with Gasteiger partial charge in [0.1, 0.15) is 5.76 Å². The zero-order valence-electron chi connectivity index (χ0n) is 15.1. The molecule has 0 radical (unpaired) electrons. The quantitative estimate of drug-likeness (QED) is 0.279. The third kappa shape index (κ3) is 2.15. The van der Waals surface area contributed by atoms with E-state index < -0.39 is 29.0 Å². The largest absolute Gasteiger partial charge is 0.507 e. The second-order valence-corrected chi connectivity index (χ2v) is 6.89. The van der Waals surface area contributed by atoms with Crippen molar-refractivity contribution in [2.75, 3.05) is 11.5 Å². The van der Waals surface area contributed by atoms with Crippen molar-refractivity contribution in [3.8, 4) is 5.75 Å². The molecule has 2 aromatic carbocycles. The van der Waals surface area contributed by atoms with Crippen molar-refractivity contribution in [2.24, 2.45) is 0 Å². The average Bonchev–Trinajstić information content (AvgIpc) is 3.36. The lowest BCUT2D eigenvalue weighted by atomic mass is 9.79. The maximum absolute atomic E-state index is 13.4. The van der Waals surface area contributed by atoms with Gasteiger partial charge in [-0.05, 0) is 12.1 Å². The molecule has 0 bridgehead atoms. The highest BCUT2D eigenvalue weighted by Gasteiger charge is 2.67. The van der Waals surface area contributed by atoms with Crippen molar-refractivity contribution < 1.29 is 29.0 Å². The maximum atomic E-state index is 13.4. The zero-order valence-corrected chi connectivity index (χ0v) is 15.1. The molecule has 1 atom stereocenters. The topological polar surface area (TPSA) is 93.1 Å². The van der Waals surface area contributed by atoms with Gasteiger partial charge in [-0.3, -0.25) is 14.5 Å². The number of ether oxygens (including phenoxy) is 2. The molecule has 7 heteroatoms. The predicted molar refractivity (Wildman–Crippen MR) is 102 cm³/mol. The molecule has 1 N–H and O–H groups in total. The molecule has 1 saturated heterocycles. The van der Waals surface area contributed by atoms with Gasteiger partial charge in [-0.1, -0.05) is 42.5 Å². The lowest BCUT2D eigenvalue weighted by Crippen LogP contribution is -2.58. The molecule has 3 aliphatic heterocycles. The smallest absolute Gasteiger partial charge is 0.347 e. The summed E-state index contributed by atoms with van der Waals surface area (Å²) in [5.41, 5.74) is -1.23. The molecule has 1 unspecified atom stereocenters. The highest BCUT2D eigenvalue weighted by atomic mass is 16.5. The number of Topliss-reactive ketones (excluding diaryl/α,β-unsaturated/α-hetero) is 1. The number of para-hydroxylation sites is 2. The summed E-state index contributed by atoms with van der Waals surface area (Å²) in [6.45, 7) is 0.293. The highest BCUT2D eigenvalue weighted by molar-refractivity contribution is 6.55. The van der Waals surface area contributed by atoms with Crippen LogP contribution in [0.5, 0.6) is 5.75 Å². The van der Waals surface area contributed by atoms with Gasteiger partial charge in [0.05, 0.1) is 24.1 Å². The Morgan fingerprint density at radius 3 is 2.45 bits per heavy atom. The fourth-order valence-electron chi connectivity index (χ4n) is 4.13. The van der Waals surface area contributed by atoms with E-state index in [4.69, 9.17) is 9.47 Å². The maximum Gasteiger partial charge on any atom is 0.347 e. The van der Waals surface area contributed by atoms with Gasteiger partial charge in [0.2, 0.25) is 5.54 Å². The second kappa shape index (κ2) is 6.07. The number of rotatable bonds is 2. The molecule has 29 heavy (non-hydrogen) atoms. The number of ketones is 1. The molecule has 144 valence electrons. The minimum absolute atomic E-state index is 0.175. The molecule has 0 saturated carbocycles. The van der Waals surface area contributed by atoms with E-state index in [1.165, 1.54) is 6.26 Å². The first kappa shape index (κ1) is 17.2. The van der Waals surface area contributed by atoms with Crippen molar-refractivity contribution in [1.82, 2.24) is 0 Å². The predicted octanol–water partition coefficient (Wildman–Crippen LogP) is 2.53. The van der Waals surface area contributed by atoms with Crippen molar-refractivity contribution in [2.45, 2.75) is 12.0 Å². The Hall–Kier alpha value is -3.87. The number of amides is 1. The Balaban J connectivity index is 1.87. The molecular weight excluding hydrogens is 374 g/mol. The van der Waals surface area contributed by atoms with Crippen LogP contribution in [0.3, 0.4) is 0 Å². The van der Waals surface area contributed by atoms with Gasteiger partial charge in [-0.25, -0.2) is 4.79 Å². The molecular formula is C22H15NO6. The van der Waals surface area contributed by atoms with Crippen molar-refractivity contribution >= 4 is 29.1 Å². The minimum Gasteiger partial charge on any atom is -0.507 e. The third-order valence-corrected chi connectivity index (χ3v) is 5.39. The SMILES string of the molecule is O=C1C(=O)N2c3ccccc3OC(=O)C2(C2=COCC2)/C1=C(\O)c1ccccc1. The van der Waals surface area contributed by atoms with Gasteiger partial charge in [-0.2, -0.15) is 0 Å². The van der Waals surface area contributed by atoms with Crippen molar-refractivity contribution in [1.29, 1.82) is 0 Å². The van der Waals surface area contributed by atoms with E-state index in [0.29, 0.717) is 24.2 Å². The number of hydrogen-bond donors (Lipinski definition) is 1. The van der Waals surface area contributed by atoms with Gasteiger partial charge >= 0.3 is 11.9 Å². The van der Waals surface area contributed by atoms with Crippen LogP contribution < -0.4 is 9.64 Å². The lowest BCUT2D eigenvalue weighted by molar-refractivity contribution is -0.139. The fourth-order valence-corrected chi connectivity index (χ4v) is 4.13. The van der Waals surface area contributed by atoms with Gasteiger partial charge < -0.3 is 14.6 Å². The summed E-state index contributed by atoms with van der Waals surface area (Å²) in [7, 11) is 0. The first-order valence-corrected chi connectivity index (χ1v) is 9.07. The molecule has 3 aliphatic rings. The first-order chi connectivity index (χ1) is 14.1.